The van der Waals surface area contributed by atoms with Crippen molar-refractivity contribution < 1.29 is 5.11 Å². The summed E-state index contributed by atoms with van der Waals surface area (Å²) in [5.74, 6) is 0.276. The van der Waals surface area contributed by atoms with Crippen molar-refractivity contribution in [1.82, 2.24) is 0 Å². The molecule has 100 valence electrons. The Morgan fingerprint density at radius 2 is 1.40 bits per heavy atom. The number of phenolic OH excluding ortho intramolecular Hbond substituents is 1. The maximum Gasteiger partial charge on any atom is 0.120 e. The molecule has 0 aliphatic carbocycles. The summed E-state index contributed by atoms with van der Waals surface area (Å²) < 4.78 is -0.549. The van der Waals surface area contributed by atoms with Gasteiger partial charge in [0.2, 0.25) is 0 Å². The highest BCUT2D eigenvalue weighted by Crippen LogP contribution is 2.42. The van der Waals surface area contributed by atoms with Crippen LogP contribution in [0.15, 0.2) is 66.7 Å². The number of rotatable bonds is 2. The molecule has 0 spiro atoms. The van der Waals surface area contributed by atoms with E-state index >= 15 is 0 Å². The third-order valence-corrected chi connectivity index (χ3v) is 4.22. The predicted molar refractivity (Wildman–Crippen MR) is 87.5 cm³/mol. The molecule has 0 heterocycles. The zero-order chi connectivity index (χ0) is 14.2. The topological polar surface area (TPSA) is 20.2 Å². The molecule has 0 aliphatic rings. The Bertz CT molecular complexity index is 757. The minimum atomic E-state index is -0.549. The maximum atomic E-state index is 10.1. The zero-order valence-electron chi connectivity index (χ0n) is 11.2. The van der Waals surface area contributed by atoms with Crippen molar-refractivity contribution in [3.8, 4) is 5.75 Å². The summed E-state index contributed by atoms with van der Waals surface area (Å²) in [5, 5.41) is 12.5. The van der Waals surface area contributed by atoms with E-state index in [1.54, 1.807) is 6.07 Å². The first kappa shape index (κ1) is 13.1. The van der Waals surface area contributed by atoms with E-state index in [2.05, 4.69) is 24.3 Å². The molecule has 3 aromatic rings. The minimum Gasteiger partial charge on any atom is -0.508 e. The van der Waals surface area contributed by atoms with Crippen LogP contribution in [0.1, 0.15) is 18.1 Å². The van der Waals surface area contributed by atoms with Crippen molar-refractivity contribution in [2.75, 3.05) is 0 Å². The Labute approximate surface area is 124 Å². The van der Waals surface area contributed by atoms with Crippen molar-refractivity contribution in [2.24, 2.45) is 0 Å². The largest absolute Gasteiger partial charge is 0.508 e. The van der Waals surface area contributed by atoms with E-state index in [4.69, 9.17) is 12.6 Å². The summed E-state index contributed by atoms with van der Waals surface area (Å²) in [5.41, 5.74) is 1.92. The Balaban J connectivity index is 2.27. The van der Waals surface area contributed by atoms with Gasteiger partial charge in [-0.15, -0.1) is 0 Å². The van der Waals surface area contributed by atoms with Gasteiger partial charge in [0.1, 0.15) is 5.75 Å². The molecular formula is C18H16OS. The SMILES string of the molecule is CC(S)(c1ccccc1O)c1cccc2ccccc12. The van der Waals surface area contributed by atoms with E-state index in [9.17, 15) is 5.11 Å². The lowest BCUT2D eigenvalue weighted by Crippen LogP contribution is -2.16. The van der Waals surface area contributed by atoms with E-state index in [-0.39, 0.29) is 5.75 Å². The van der Waals surface area contributed by atoms with Crippen molar-refractivity contribution in [3.63, 3.8) is 0 Å². The first-order chi connectivity index (χ1) is 9.60. The van der Waals surface area contributed by atoms with Crippen molar-refractivity contribution in [2.45, 2.75) is 11.7 Å². The van der Waals surface area contributed by atoms with E-state index in [0.29, 0.717) is 0 Å². The summed E-state index contributed by atoms with van der Waals surface area (Å²) in [4.78, 5) is 0. The van der Waals surface area contributed by atoms with Gasteiger partial charge < -0.3 is 5.11 Å². The molecular weight excluding hydrogens is 264 g/mol. The first-order valence-corrected chi connectivity index (χ1v) is 7.04. The second kappa shape index (κ2) is 4.88. The molecule has 1 N–H and O–H groups in total. The molecule has 0 bridgehead atoms. The van der Waals surface area contributed by atoms with E-state index in [1.807, 2.05) is 43.3 Å². The van der Waals surface area contributed by atoms with E-state index in [0.717, 1.165) is 16.5 Å². The number of aromatic hydroxyl groups is 1. The van der Waals surface area contributed by atoms with Crippen LogP contribution in [0.5, 0.6) is 5.75 Å². The van der Waals surface area contributed by atoms with Gasteiger partial charge in [-0.3, -0.25) is 0 Å². The fraction of sp³-hybridized carbons (Fsp3) is 0.111. The number of fused-ring (bicyclic) bond motifs is 1. The van der Waals surface area contributed by atoms with Gasteiger partial charge in [-0.2, -0.15) is 12.6 Å². The fourth-order valence-corrected chi connectivity index (χ4v) is 3.06. The summed E-state index contributed by atoms with van der Waals surface area (Å²) in [6.07, 6.45) is 0. The molecule has 0 aromatic heterocycles. The average Bonchev–Trinajstić information content (AvgIpc) is 2.47. The van der Waals surface area contributed by atoms with Gasteiger partial charge in [0.15, 0.2) is 0 Å². The lowest BCUT2D eigenvalue weighted by molar-refractivity contribution is 0.464. The number of benzene rings is 3. The lowest BCUT2D eigenvalue weighted by atomic mass is 9.88. The number of para-hydroxylation sites is 1. The van der Waals surface area contributed by atoms with Crippen molar-refractivity contribution >= 4 is 23.4 Å². The van der Waals surface area contributed by atoms with Gasteiger partial charge in [-0.1, -0.05) is 60.7 Å². The number of thiol groups is 1. The normalized spacial score (nSPS) is 14.1. The molecule has 0 aliphatic heterocycles. The van der Waals surface area contributed by atoms with Crippen LogP contribution in [0.3, 0.4) is 0 Å². The van der Waals surface area contributed by atoms with Crippen LogP contribution in [0.4, 0.5) is 0 Å². The molecule has 0 saturated carbocycles. The number of hydrogen-bond acceptors (Lipinski definition) is 2. The van der Waals surface area contributed by atoms with Gasteiger partial charge in [0, 0.05) is 5.56 Å². The first-order valence-electron chi connectivity index (χ1n) is 6.60. The van der Waals surface area contributed by atoms with Crippen molar-refractivity contribution in [3.05, 3.63) is 77.9 Å². The second-order valence-corrected chi connectivity index (χ2v) is 6.01. The van der Waals surface area contributed by atoms with Gasteiger partial charge in [-0.25, -0.2) is 0 Å². The smallest absolute Gasteiger partial charge is 0.120 e. The summed E-state index contributed by atoms with van der Waals surface area (Å²) in [6, 6.07) is 21.8. The standard InChI is InChI=1S/C18H16OS/c1-18(20,16-10-4-5-12-17(16)19)15-11-6-8-13-7-2-3-9-14(13)15/h2-12,19-20H,1H3. The van der Waals surface area contributed by atoms with Crippen LogP contribution >= 0.6 is 12.6 Å². The molecule has 20 heavy (non-hydrogen) atoms. The fourth-order valence-electron chi connectivity index (χ4n) is 2.68. The van der Waals surface area contributed by atoms with Crippen molar-refractivity contribution in [1.29, 1.82) is 0 Å². The highest BCUT2D eigenvalue weighted by molar-refractivity contribution is 7.81. The van der Waals surface area contributed by atoms with Crippen LogP contribution in [0, 0.1) is 0 Å². The third-order valence-electron chi connectivity index (χ3n) is 3.74. The zero-order valence-corrected chi connectivity index (χ0v) is 12.1. The molecule has 0 saturated heterocycles. The van der Waals surface area contributed by atoms with Crippen LogP contribution < -0.4 is 0 Å². The van der Waals surface area contributed by atoms with Crippen LogP contribution in [0.25, 0.3) is 10.8 Å². The monoisotopic (exact) mass is 280 g/mol. The highest BCUT2D eigenvalue weighted by Gasteiger charge is 2.28. The van der Waals surface area contributed by atoms with Crippen LogP contribution in [-0.4, -0.2) is 5.11 Å². The van der Waals surface area contributed by atoms with Gasteiger partial charge in [-0.05, 0) is 29.3 Å². The van der Waals surface area contributed by atoms with Crippen LogP contribution in [0.2, 0.25) is 0 Å². The summed E-state index contributed by atoms with van der Waals surface area (Å²) in [6.45, 7) is 2.02. The highest BCUT2D eigenvalue weighted by atomic mass is 32.1. The Morgan fingerprint density at radius 1 is 0.800 bits per heavy atom. The molecule has 3 aromatic carbocycles. The van der Waals surface area contributed by atoms with Gasteiger partial charge >= 0.3 is 0 Å². The van der Waals surface area contributed by atoms with Gasteiger partial charge in [0.25, 0.3) is 0 Å². The number of hydrogen-bond donors (Lipinski definition) is 2. The molecule has 0 amide bonds. The maximum absolute atomic E-state index is 10.1. The molecule has 1 nitrogen and oxygen atoms in total. The Kier molecular flexibility index (Phi) is 3.19. The molecule has 0 radical (unpaired) electrons. The Hall–Kier alpha value is -1.93. The predicted octanol–water partition coefficient (Wildman–Crippen LogP) is 4.74. The molecule has 0 fully saturated rings. The quantitative estimate of drug-likeness (QED) is 0.650. The molecule has 2 heteroatoms. The van der Waals surface area contributed by atoms with E-state index < -0.39 is 4.75 Å². The minimum absolute atomic E-state index is 0.276. The van der Waals surface area contributed by atoms with E-state index in [1.165, 1.54) is 5.39 Å². The summed E-state index contributed by atoms with van der Waals surface area (Å²) in [7, 11) is 0. The van der Waals surface area contributed by atoms with Crippen LogP contribution in [-0.2, 0) is 4.75 Å². The lowest BCUT2D eigenvalue weighted by Gasteiger charge is -2.27. The third kappa shape index (κ3) is 2.06. The number of phenols is 1. The Morgan fingerprint density at radius 3 is 2.20 bits per heavy atom. The molecule has 1 unspecified atom stereocenters. The summed E-state index contributed by atoms with van der Waals surface area (Å²) >= 11 is 4.85. The second-order valence-electron chi connectivity index (χ2n) is 5.12. The molecule has 3 rings (SSSR count). The van der Waals surface area contributed by atoms with Gasteiger partial charge in [0.05, 0.1) is 4.75 Å². The average molecular weight is 280 g/mol. The molecule has 1 atom stereocenters.